The molecular formula is C72H111N3O12. The van der Waals surface area contributed by atoms with Crippen LogP contribution in [0.3, 0.4) is 0 Å². The highest BCUT2D eigenvalue weighted by molar-refractivity contribution is 5.80. The van der Waals surface area contributed by atoms with E-state index in [0.717, 1.165) is 77.0 Å². The molecule has 0 saturated carbocycles. The minimum atomic E-state index is -1.69. The van der Waals surface area contributed by atoms with Crippen molar-refractivity contribution in [3.63, 3.8) is 0 Å². The molecule has 4 aromatic rings. The maximum Gasteiger partial charge on any atom is 0.342 e. The van der Waals surface area contributed by atoms with Crippen molar-refractivity contribution < 1.29 is 43.9 Å². The zero-order chi connectivity index (χ0) is 66.4. The number of nitrogens with zero attached hydrogens (tertiary/aromatic N) is 3. The largest absolute Gasteiger partial charge is 0.507 e. The van der Waals surface area contributed by atoms with E-state index in [2.05, 4.69) is 62.3 Å². The average Bonchev–Trinajstić information content (AvgIpc) is 0.923. The zero-order valence-electron chi connectivity index (χ0n) is 57.8. The molecule has 4 rings (SSSR count). The van der Waals surface area contributed by atoms with E-state index in [1.165, 1.54) is 20.8 Å². The second-order valence-electron chi connectivity index (χ2n) is 29.9. The van der Waals surface area contributed by atoms with Gasteiger partial charge in [0, 0.05) is 16.7 Å². The summed E-state index contributed by atoms with van der Waals surface area (Å²) in [6.45, 7) is 45.4. The lowest BCUT2D eigenvalue weighted by Gasteiger charge is -2.32. The number of aromatic nitrogens is 3. The fraction of sp³-hybridized carbons (Fsp3) is 0.667. The first-order valence-corrected chi connectivity index (χ1v) is 32.2. The van der Waals surface area contributed by atoms with E-state index >= 15 is 14.4 Å². The van der Waals surface area contributed by atoms with E-state index in [1.54, 1.807) is 39.0 Å². The Morgan fingerprint density at radius 2 is 0.563 bits per heavy atom. The summed E-state index contributed by atoms with van der Waals surface area (Å²) in [7, 11) is 0. The number of phenolic OH excluding ortho intramolecular Hbond substituents is 3. The highest BCUT2D eigenvalue weighted by Crippen LogP contribution is 2.47. The Kier molecular flexibility index (Phi) is 24.1. The minimum Gasteiger partial charge on any atom is -0.507 e. The summed E-state index contributed by atoms with van der Waals surface area (Å²) in [5.41, 5.74) is -1.31. The predicted octanol–water partition coefficient (Wildman–Crippen LogP) is 16.4. The van der Waals surface area contributed by atoms with Gasteiger partial charge >= 0.3 is 35.0 Å². The Bertz CT molecular complexity index is 2890. The second kappa shape index (κ2) is 28.6. The molecule has 3 aromatic carbocycles. The fourth-order valence-corrected chi connectivity index (χ4v) is 11.7. The van der Waals surface area contributed by atoms with Crippen molar-refractivity contribution >= 4 is 17.9 Å². The topological polar surface area (TPSA) is 206 Å². The third kappa shape index (κ3) is 17.2. The van der Waals surface area contributed by atoms with E-state index in [4.69, 9.17) is 14.2 Å². The smallest absolute Gasteiger partial charge is 0.342 e. The summed E-state index contributed by atoms with van der Waals surface area (Å²) in [5.74, 6) is -5.00. The van der Waals surface area contributed by atoms with Crippen LogP contribution in [0.5, 0.6) is 17.2 Å². The van der Waals surface area contributed by atoms with E-state index in [9.17, 15) is 29.7 Å². The van der Waals surface area contributed by atoms with Gasteiger partial charge in [0.1, 0.15) is 17.2 Å². The molecule has 15 heteroatoms. The number of rotatable bonds is 27. The Morgan fingerprint density at radius 3 is 0.747 bits per heavy atom. The average molecular weight is 1210 g/mol. The van der Waals surface area contributed by atoms with Gasteiger partial charge in [-0.3, -0.25) is 14.4 Å². The minimum absolute atomic E-state index is 0.151. The fourth-order valence-electron chi connectivity index (χ4n) is 11.7. The number of carbonyl (C=O) groups is 3. The normalized spacial score (nSPS) is 14.9. The number of unbranched alkanes of at least 4 members (excludes halogenated alkanes) is 6. The van der Waals surface area contributed by atoms with Gasteiger partial charge in [0.15, 0.2) is 18.7 Å². The van der Waals surface area contributed by atoms with Gasteiger partial charge in [-0.05, 0) is 127 Å². The van der Waals surface area contributed by atoms with Crippen molar-refractivity contribution in [3.8, 4) is 17.2 Å². The van der Waals surface area contributed by atoms with Crippen LogP contribution in [0.15, 0.2) is 50.8 Å². The number of hydrogen-bond donors (Lipinski definition) is 3. The van der Waals surface area contributed by atoms with Gasteiger partial charge in [-0.25, -0.2) is 28.1 Å². The number of ether oxygens (including phenoxy) is 3. The monoisotopic (exact) mass is 1210 g/mol. The zero-order valence-corrected chi connectivity index (χ0v) is 57.8. The molecule has 0 aliphatic heterocycles. The van der Waals surface area contributed by atoms with Crippen molar-refractivity contribution in [2.45, 2.75) is 312 Å². The summed E-state index contributed by atoms with van der Waals surface area (Å²) in [5, 5.41) is 35.4. The van der Waals surface area contributed by atoms with Gasteiger partial charge in [0.25, 0.3) is 0 Å². The van der Waals surface area contributed by atoms with Crippen LogP contribution < -0.4 is 17.1 Å². The molecule has 0 saturated heterocycles. The van der Waals surface area contributed by atoms with Crippen LogP contribution in [0.4, 0.5) is 0 Å². The summed E-state index contributed by atoms with van der Waals surface area (Å²) >= 11 is 0. The van der Waals surface area contributed by atoms with Gasteiger partial charge in [-0.2, -0.15) is 0 Å². The van der Waals surface area contributed by atoms with Crippen LogP contribution in [0.2, 0.25) is 0 Å². The van der Waals surface area contributed by atoms with Gasteiger partial charge in [0.2, 0.25) is 0 Å². The molecule has 0 fully saturated rings. The molecule has 0 amide bonds. The number of hydrogen-bond acceptors (Lipinski definition) is 12. The summed E-state index contributed by atoms with van der Waals surface area (Å²) in [6.07, 6.45) is 6.16. The van der Waals surface area contributed by atoms with Crippen LogP contribution in [-0.2, 0) is 61.1 Å². The third-order valence-electron chi connectivity index (χ3n) is 18.0. The Labute approximate surface area is 520 Å². The standard InChI is InChI=1S/C72H111N3O12/c1-25-28-31-34-70(19,20)55-40-49(37-52(58(55)76)67(10,11)12)43(4)61(79)85-46(7)73-64(82)74(47(8)86-62(80)44(5)50-38-53(68(13,14)15)59(77)56(41-50)71(21,22)35-32-29-26-2)66(84)75(65(73)83)48(9)87-63(81)45(6)51-39-54(69(16,17)18)60(78)57(42-51)72(23,24)36-33-30-27-3/h37-48,76-78H,25-36H2,1-24H3. The van der Waals surface area contributed by atoms with E-state index < -0.39 is 104 Å². The maximum atomic E-state index is 15.0. The lowest BCUT2D eigenvalue weighted by Crippen LogP contribution is -2.57. The molecule has 1 heterocycles. The Balaban J connectivity index is 1.93. The molecule has 15 nitrogen and oxygen atoms in total. The summed E-state index contributed by atoms with van der Waals surface area (Å²) in [6, 6.07) is 10.8. The molecule has 6 atom stereocenters. The SMILES string of the molecule is CCCCCC(C)(C)c1cc(C(C)C(=O)OC(C)n2c(=O)n(C(C)OC(=O)C(C)c3cc(C(C)(C)C)c(O)c(C(C)(C)CCCCC)c3)c(=O)n(C(C)OC(=O)C(C)c3cc(C(C)(C)C)c(O)c(C(C)(C)CCCCC)c3)c2=O)cc(C(C)(C)C)c1O. The first-order chi connectivity index (χ1) is 39.9. The van der Waals surface area contributed by atoms with Crippen LogP contribution in [0, 0.1) is 0 Å². The first-order valence-electron chi connectivity index (χ1n) is 32.2. The van der Waals surface area contributed by atoms with Crippen LogP contribution in [0.25, 0.3) is 0 Å². The molecular weight excluding hydrogens is 1100 g/mol. The van der Waals surface area contributed by atoms with Crippen molar-refractivity contribution in [1.82, 2.24) is 13.7 Å². The number of carbonyl (C=O) groups excluding carboxylic acids is 3. The number of aromatic hydroxyl groups is 3. The van der Waals surface area contributed by atoms with Crippen LogP contribution >= 0.6 is 0 Å². The summed E-state index contributed by atoms with van der Waals surface area (Å²) in [4.78, 5) is 88.7. The molecule has 1 aromatic heterocycles. The Morgan fingerprint density at radius 1 is 0.368 bits per heavy atom. The molecule has 87 heavy (non-hydrogen) atoms. The second-order valence-corrected chi connectivity index (χ2v) is 29.9. The molecule has 0 aliphatic carbocycles. The van der Waals surface area contributed by atoms with Gasteiger partial charge in [-0.15, -0.1) is 0 Å². The van der Waals surface area contributed by atoms with Crippen LogP contribution in [-0.4, -0.2) is 46.9 Å². The van der Waals surface area contributed by atoms with Gasteiger partial charge in [-0.1, -0.05) is 219 Å². The summed E-state index contributed by atoms with van der Waals surface area (Å²) < 4.78 is 19.9. The molecule has 3 N–H and O–H groups in total. The number of phenols is 3. The molecule has 0 aliphatic rings. The van der Waals surface area contributed by atoms with E-state index in [0.29, 0.717) is 63.8 Å². The van der Waals surface area contributed by atoms with Crippen LogP contribution in [0.1, 0.15) is 330 Å². The molecule has 6 unspecified atom stereocenters. The Hall–Kier alpha value is -6.12. The lowest BCUT2D eigenvalue weighted by atomic mass is 9.74. The van der Waals surface area contributed by atoms with Gasteiger partial charge < -0.3 is 29.5 Å². The molecule has 0 bridgehead atoms. The van der Waals surface area contributed by atoms with Crippen molar-refractivity contribution in [3.05, 3.63) is 118 Å². The highest BCUT2D eigenvalue weighted by Gasteiger charge is 2.37. The van der Waals surface area contributed by atoms with E-state index in [1.807, 2.05) is 80.5 Å². The molecule has 0 radical (unpaired) electrons. The molecule has 0 spiro atoms. The quantitative estimate of drug-likeness (QED) is 0.0290. The highest BCUT2D eigenvalue weighted by atomic mass is 16.6. The predicted molar refractivity (Wildman–Crippen MR) is 349 cm³/mol. The number of esters is 3. The third-order valence-corrected chi connectivity index (χ3v) is 18.0. The maximum absolute atomic E-state index is 15.0. The first kappa shape index (κ1) is 73.4. The lowest BCUT2D eigenvalue weighted by molar-refractivity contribution is -0.156. The number of benzene rings is 3. The van der Waals surface area contributed by atoms with Crippen molar-refractivity contribution in [2.75, 3.05) is 0 Å². The molecule has 486 valence electrons. The van der Waals surface area contributed by atoms with Crippen molar-refractivity contribution in [1.29, 1.82) is 0 Å². The van der Waals surface area contributed by atoms with Gasteiger partial charge in [0.05, 0.1) is 17.8 Å². The van der Waals surface area contributed by atoms with Crippen molar-refractivity contribution in [2.24, 2.45) is 0 Å². The van der Waals surface area contributed by atoms with E-state index in [-0.39, 0.29) is 17.2 Å².